The van der Waals surface area contributed by atoms with Gasteiger partial charge in [-0.15, -0.1) is 5.10 Å². The van der Waals surface area contributed by atoms with Crippen LogP contribution in [0, 0.1) is 0 Å². The molecule has 0 radical (unpaired) electrons. The molecule has 1 aromatic heterocycles. The molecule has 1 aliphatic heterocycles. The lowest BCUT2D eigenvalue weighted by Crippen LogP contribution is -2.23. The van der Waals surface area contributed by atoms with E-state index >= 15 is 0 Å². The van der Waals surface area contributed by atoms with Gasteiger partial charge in [0.15, 0.2) is 5.69 Å². The summed E-state index contributed by atoms with van der Waals surface area (Å²) in [4.78, 5) is 11.0. The van der Waals surface area contributed by atoms with Crippen molar-refractivity contribution in [1.29, 1.82) is 0 Å². The quantitative estimate of drug-likeness (QED) is 0.929. The molecule has 0 spiro atoms. The first-order chi connectivity index (χ1) is 10.6. The number of carboxylic acid groups (broad SMARTS) is 1. The van der Waals surface area contributed by atoms with Crippen LogP contribution in [0.2, 0.25) is 5.02 Å². The van der Waals surface area contributed by atoms with Gasteiger partial charge in [-0.25, -0.2) is 9.48 Å². The summed E-state index contributed by atoms with van der Waals surface area (Å²) >= 11 is 6.18. The van der Waals surface area contributed by atoms with E-state index in [1.54, 1.807) is 16.8 Å². The second kappa shape index (κ2) is 5.94. The third-order valence-corrected chi connectivity index (χ3v) is 3.72. The smallest absolute Gasteiger partial charge is 0.358 e. The Labute approximate surface area is 131 Å². The van der Waals surface area contributed by atoms with E-state index in [4.69, 9.17) is 26.2 Å². The first-order valence-corrected chi connectivity index (χ1v) is 7.17. The Hall–Kier alpha value is -2.12. The lowest BCUT2D eigenvalue weighted by atomic mass is 10.1. The van der Waals surface area contributed by atoms with Crippen molar-refractivity contribution in [3.8, 4) is 5.75 Å². The van der Waals surface area contributed by atoms with Crippen molar-refractivity contribution in [2.24, 2.45) is 0 Å². The van der Waals surface area contributed by atoms with Crippen LogP contribution < -0.4 is 4.74 Å². The Kier molecular flexibility index (Phi) is 4.00. The predicted molar refractivity (Wildman–Crippen MR) is 77.1 cm³/mol. The van der Waals surface area contributed by atoms with Crippen molar-refractivity contribution in [1.82, 2.24) is 15.0 Å². The Morgan fingerprint density at radius 3 is 3.09 bits per heavy atom. The van der Waals surface area contributed by atoms with Crippen LogP contribution in [0.1, 0.15) is 34.8 Å². The Bertz CT molecular complexity index is 716. The number of rotatable bonds is 4. The summed E-state index contributed by atoms with van der Waals surface area (Å²) in [5, 5.41) is 17.1. The van der Waals surface area contributed by atoms with Crippen LogP contribution in [-0.2, 0) is 17.9 Å². The van der Waals surface area contributed by atoms with Crippen LogP contribution in [0.25, 0.3) is 0 Å². The van der Waals surface area contributed by atoms with E-state index in [1.165, 1.54) is 0 Å². The van der Waals surface area contributed by atoms with Crippen LogP contribution in [0.15, 0.2) is 18.2 Å². The molecule has 2 heterocycles. The third-order valence-electron chi connectivity index (χ3n) is 3.43. The van der Waals surface area contributed by atoms with Crippen LogP contribution in [0.3, 0.4) is 0 Å². The number of aromatic carboxylic acids is 1. The molecule has 1 unspecified atom stereocenters. The molecule has 116 valence electrons. The van der Waals surface area contributed by atoms with Crippen molar-refractivity contribution < 1.29 is 19.4 Å². The molecule has 1 aliphatic rings. The van der Waals surface area contributed by atoms with Crippen molar-refractivity contribution in [2.75, 3.05) is 6.61 Å². The van der Waals surface area contributed by atoms with Gasteiger partial charge in [-0.1, -0.05) is 22.9 Å². The van der Waals surface area contributed by atoms with E-state index in [2.05, 4.69) is 10.3 Å². The topological polar surface area (TPSA) is 86.5 Å². The Morgan fingerprint density at radius 2 is 2.41 bits per heavy atom. The second-order valence-corrected chi connectivity index (χ2v) is 5.20. The molecule has 0 saturated heterocycles. The fraction of sp³-hybridized carbons (Fsp3) is 0.357. The van der Waals surface area contributed by atoms with Gasteiger partial charge in [0.05, 0.1) is 30.5 Å². The molecule has 8 heteroatoms. The van der Waals surface area contributed by atoms with Crippen LogP contribution >= 0.6 is 11.6 Å². The number of aromatic nitrogens is 3. The molecule has 22 heavy (non-hydrogen) atoms. The van der Waals surface area contributed by atoms with E-state index in [9.17, 15) is 4.79 Å². The van der Waals surface area contributed by atoms with Gasteiger partial charge in [0.25, 0.3) is 0 Å². The monoisotopic (exact) mass is 323 g/mol. The minimum atomic E-state index is -1.10. The van der Waals surface area contributed by atoms with Crippen LogP contribution in [0.4, 0.5) is 0 Å². The average molecular weight is 324 g/mol. The fourth-order valence-electron chi connectivity index (χ4n) is 2.37. The molecule has 1 aromatic carbocycles. The highest BCUT2D eigenvalue weighted by molar-refractivity contribution is 6.32. The number of hydrogen-bond acceptors (Lipinski definition) is 5. The summed E-state index contributed by atoms with van der Waals surface area (Å²) in [6.45, 7) is 2.96. The molecule has 3 rings (SSSR count). The van der Waals surface area contributed by atoms with E-state index in [-0.39, 0.29) is 18.4 Å². The Balaban J connectivity index is 1.83. The highest BCUT2D eigenvalue weighted by Crippen LogP contribution is 2.32. The number of carboxylic acids is 1. The number of ether oxygens (including phenoxy) is 2. The number of benzene rings is 1. The minimum Gasteiger partial charge on any atom is -0.492 e. The molecule has 1 atom stereocenters. The summed E-state index contributed by atoms with van der Waals surface area (Å²) in [5.41, 5.74) is 1.29. The fourth-order valence-corrected chi connectivity index (χ4v) is 2.61. The lowest BCUT2D eigenvalue weighted by Gasteiger charge is -2.24. The lowest BCUT2D eigenvalue weighted by molar-refractivity contribution is -0.00208. The zero-order chi connectivity index (χ0) is 15.7. The summed E-state index contributed by atoms with van der Waals surface area (Å²) in [5.74, 6) is -0.481. The summed E-state index contributed by atoms with van der Waals surface area (Å²) in [6, 6.07) is 5.46. The van der Waals surface area contributed by atoms with E-state index in [0.29, 0.717) is 29.6 Å². The van der Waals surface area contributed by atoms with E-state index in [0.717, 1.165) is 5.56 Å². The molecule has 0 fully saturated rings. The van der Waals surface area contributed by atoms with Gasteiger partial charge in [-0.05, 0) is 24.6 Å². The maximum Gasteiger partial charge on any atom is 0.358 e. The average Bonchev–Trinajstić information content (AvgIpc) is 2.92. The number of nitrogens with zero attached hydrogens (tertiary/aromatic N) is 3. The van der Waals surface area contributed by atoms with Crippen molar-refractivity contribution in [2.45, 2.75) is 26.2 Å². The first kappa shape index (κ1) is 14.8. The first-order valence-electron chi connectivity index (χ1n) is 6.79. The Morgan fingerprint density at radius 1 is 1.59 bits per heavy atom. The highest BCUT2D eigenvalue weighted by Gasteiger charge is 2.27. The molecule has 2 aromatic rings. The number of fused-ring (bicyclic) bond motifs is 1. The van der Waals surface area contributed by atoms with Gasteiger partial charge in [-0.2, -0.15) is 0 Å². The number of carbonyl (C=O) groups is 1. The van der Waals surface area contributed by atoms with Gasteiger partial charge in [0.1, 0.15) is 11.9 Å². The van der Waals surface area contributed by atoms with Crippen molar-refractivity contribution in [3.63, 3.8) is 0 Å². The number of hydrogen-bond donors (Lipinski definition) is 1. The second-order valence-electron chi connectivity index (χ2n) is 4.79. The van der Waals surface area contributed by atoms with Crippen molar-refractivity contribution >= 4 is 17.6 Å². The summed E-state index contributed by atoms with van der Waals surface area (Å²) in [7, 11) is 0. The summed E-state index contributed by atoms with van der Waals surface area (Å²) in [6.07, 6.45) is -0.260. The molecular weight excluding hydrogens is 310 g/mol. The minimum absolute atomic E-state index is 0.0665. The van der Waals surface area contributed by atoms with Gasteiger partial charge in [-0.3, -0.25) is 0 Å². The van der Waals surface area contributed by atoms with Crippen LogP contribution in [-0.4, -0.2) is 32.7 Å². The number of halogens is 1. The summed E-state index contributed by atoms with van der Waals surface area (Å²) < 4.78 is 12.7. The largest absolute Gasteiger partial charge is 0.492 e. The van der Waals surface area contributed by atoms with E-state index in [1.807, 2.05) is 13.0 Å². The van der Waals surface area contributed by atoms with Gasteiger partial charge in [0, 0.05) is 0 Å². The molecular formula is C14H14ClN3O4. The van der Waals surface area contributed by atoms with Crippen molar-refractivity contribution in [3.05, 3.63) is 40.2 Å². The molecule has 7 nitrogen and oxygen atoms in total. The molecule has 1 N–H and O–H groups in total. The molecule has 0 bridgehead atoms. The predicted octanol–water partition coefficient (Wildman–Crippen LogP) is 2.30. The maximum atomic E-state index is 11.0. The van der Waals surface area contributed by atoms with Gasteiger partial charge >= 0.3 is 5.97 Å². The zero-order valence-corrected chi connectivity index (χ0v) is 12.6. The van der Waals surface area contributed by atoms with E-state index < -0.39 is 5.97 Å². The van der Waals surface area contributed by atoms with Gasteiger partial charge < -0.3 is 14.6 Å². The third kappa shape index (κ3) is 2.65. The SMILES string of the molecule is CCOc1ccc(C2Cn3nnc(C(=O)O)c3CO2)cc1Cl. The zero-order valence-electron chi connectivity index (χ0n) is 11.8. The normalized spacial score (nSPS) is 17.1. The molecule has 0 aliphatic carbocycles. The molecule has 0 amide bonds. The maximum absolute atomic E-state index is 11.0. The standard InChI is InChI=1S/C14H14ClN3O4/c1-2-21-11-4-3-8(5-9(11)15)12-6-18-10(7-22-12)13(14(19)20)16-17-18/h3-5,12H,2,6-7H2,1H3,(H,19,20). The molecule has 0 saturated carbocycles. The van der Waals surface area contributed by atoms with Crippen LogP contribution in [0.5, 0.6) is 5.75 Å². The highest BCUT2D eigenvalue weighted by atomic mass is 35.5. The van der Waals surface area contributed by atoms with Gasteiger partial charge in [0.2, 0.25) is 0 Å².